The second-order valence-electron chi connectivity index (χ2n) is 5.29. The Morgan fingerprint density at radius 2 is 1.94 bits per heavy atom. The van der Waals surface area contributed by atoms with Crippen LogP contribution in [0.5, 0.6) is 0 Å². The number of aryl methyl sites for hydroxylation is 1. The Hall–Kier alpha value is -0.800. The van der Waals surface area contributed by atoms with Gasteiger partial charge in [0, 0.05) is 10.9 Å². The Bertz CT molecular complexity index is 535. The average Bonchev–Trinajstić information content (AvgIpc) is 2.63. The van der Waals surface area contributed by atoms with Crippen molar-refractivity contribution in [3.63, 3.8) is 0 Å². The van der Waals surface area contributed by atoms with Crippen LogP contribution in [0, 0.1) is 6.92 Å². The molecule has 0 aliphatic carbocycles. The number of rotatable bonds is 1. The van der Waals surface area contributed by atoms with Crippen LogP contribution in [0.15, 0.2) is 28.6 Å². The van der Waals surface area contributed by atoms with Gasteiger partial charge in [-0.2, -0.15) is 0 Å². The molecule has 0 unspecified atom stereocenters. The minimum atomic E-state index is 0.195. The van der Waals surface area contributed by atoms with Crippen LogP contribution in [-0.2, 0) is 5.41 Å². The molecule has 0 saturated heterocycles. The van der Waals surface area contributed by atoms with Crippen molar-refractivity contribution in [3.8, 4) is 10.6 Å². The maximum absolute atomic E-state index is 4.42. The Labute approximate surface area is 112 Å². The normalized spacial score (nSPS) is 11.8. The number of thiazole rings is 1. The first-order valence-electron chi connectivity index (χ1n) is 5.64. The lowest BCUT2D eigenvalue weighted by Gasteiger charge is -2.20. The highest BCUT2D eigenvalue weighted by molar-refractivity contribution is 7.80. The lowest BCUT2D eigenvalue weighted by molar-refractivity contribution is 0.590. The molecule has 90 valence electrons. The van der Waals surface area contributed by atoms with Crippen LogP contribution >= 0.6 is 24.0 Å². The van der Waals surface area contributed by atoms with Gasteiger partial charge in [-0.15, -0.1) is 24.0 Å². The van der Waals surface area contributed by atoms with E-state index in [2.05, 4.69) is 63.5 Å². The Morgan fingerprint density at radius 3 is 2.41 bits per heavy atom. The zero-order valence-electron chi connectivity index (χ0n) is 10.6. The molecular weight excluding hydrogens is 246 g/mol. The fourth-order valence-electron chi connectivity index (χ4n) is 1.76. The van der Waals surface area contributed by atoms with Gasteiger partial charge in [-0.1, -0.05) is 39.0 Å². The van der Waals surface area contributed by atoms with E-state index >= 15 is 0 Å². The van der Waals surface area contributed by atoms with Crippen molar-refractivity contribution in [3.05, 3.63) is 34.7 Å². The fourth-order valence-corrected chi connectivity index (χ4v) is 2.86. The van der Waals surface area contributed by atoms with Gasteiger partial charge in [0.25, 0.3) is 0 Å². The van der Waals surface area contributed by atoms with Gasteiger partial charge < -0.3 is 0 Å². The molecule has 0 spiro atoms. The standard InChI is InChI=1S/C14H17NS2/c1-9-7-10(14(2,3)4)5-6-11(9)13-15-12(16)8-17-13/h5-8,16H,1-4H3. The highest BCUT2D eigenvalue weighted by Gasteiger charge is 2.15. The molecule has 2 rings (SSSR count). The van der Waals surface area contributed by atoms with Gasteiger partial charge in [0.1, 0.15) is 10.0 Å². The van der Waals surface area contributed by atoms with E-state index in [1.807, 2.05) is 5.38 Å². The van der Waals surface area contributed by atoms with Gasteiger partial charge in [0.2, 0.25) is 0 Å². The maximum Gasteiger partial charge on any atom is 0.124 e. The largest absolute Gasteiger partial charge is 0.230 e. The van der Waals surface area contributed by atoms with Gasteiger partial charge in [-0.25, -0.2) is 4.98 Å². The quantitative estimate of drug-likeness (QED) is 0.736. The number of hydrogen-bond acceptors (Lipinski definition) is 3. The van der Waals surface area contributed by atoms with Crippen molar-refractivity contribution < 1.29 is 0 Å². The van der Waals surface area contributed by atoms with Crippen LogP contribution < -0.4 is 0 Å². The molecule has 0 fully saturated rings. The zero-order valence-corrected chi connectivity index (χ0v) is 12.3. The van der Waals surface area contributed by atoms with E-state index in [-0.39, 0.29) is 5.41 Å². The van der Waals surface area contributed by atoms with Crippen LogP contribution in [0.4, 0.5) is 0 Å². The molecule has 1 aromatic carbocycles. The summed E-state index contributed by atoms with van der Waals surface area (Å²) in [6.07, 6.45) is 0. The summed E-state index contributed by atoms with van der Waals surface area (Å²) in [6.45, 7) is 8.84. The van der Waals surface area contributed by atoms with Crippen molar-refractivity contribution in [2.75, 3.05) is 0 Å². The molecule has 2 aromatic rings. The third-order valence-electron chi connectivity index (χ3n) is 2.81. The second-order valence-corrected chi connectivity index (χ2v) is 6.61. The molecule has 0 atom stereocenters. The van der Waals surface area contributed by atoms with Crippen molar-refractivity contribution >= 4 is 24.0 Å². The Balaban J connectivity index is 2.45. The van der Waals surface area contributed by atoms with Crippen molar-refractivity contribution in [1.29, 1.82) is 0 Å². The maximum atomic E-state index is 4.42. The highest BCUT2D eigenvalue weighted by atomic mass is 32.1. The van der Waals surface area contributed by atoms with E-state index < -0.39 is 0 Å². The zero-order chi connectivity index (χ0) is 12.6. The number of aromatic nitrogens is 1. The molecule has 0 aliphatic heterocycles. The SMILES string of the molecule is Cc1cc(C(C)(C)C)ccc1-c1nc(S)cs1. The van der Waals surface area contributed by atoms with Crippen molar-refractivity contribution in [2.45, 2.75) is 38.1 Å². The first-order valence-corrected chi connectivity index (χ1v) is 6.96. The summed E-state index contributed by atoms with van der Waals surface area (Å²) < 4.78 is 0. The van der Waals surface area contributed by atoms with E-state index in [1.165, 1.54) is 16.7 Å². The number of hydrogen-bond donors (Lipinski definition) is 1. The molecule has 0 radical (unpaired) electrons. The minimum absolute atomic E-state index is 0.195. The summed E-state index contributed by atoms with van der Waals surface area (Å²) in [5, 5.41) is 3.81. The summed E-state index contributed by atoms with van der Waals surface area (Å²) >= 11 is 5.90. The molecule has 17 heavy (non-hydrogen) atoms. The lowest BCUT2D eigenvalue weighted by atomic mass is 9.85. The van der Waals surface area contributed by atoms with Crippen LogP contribution in [-0.4, -0.2) is 4.98 Å². The topological polar surface area (TPSA) is 12.9 Å². The molecular formula is C14H17NS2. The number of benzene rings is 1. The van der Waals surface area contributed by atoms with Gasteiger partial charge in [0.05, 0.1) is 0 Å². The van der Waals surface area contributed by atoms with Gasteiger partial charge in [-0.3, -0.25) is 0 Å². The van der Waals surface area contributed by atoms with E-state index in [1.54, 1.807) is 11.3 Å². The van der Waals surface area contributed by atoms with Gasteiger partial charge in [-0.05, 0) is 23.5 Å². The Morgan fingerprint density at radius 1 is 1.24 bits per heavy atom. The van der Waals surface area contributed by atoms with Crippen LogP contribution in [0.3, 0.4) is 0 Å². The molecule has 0 N–H and O–H groups in total. The Kier molecular flexibility index (Phi) is 3.32. The monoisotopic (exact) mass is 263 g/mol. The van der Waals surface area contributed by atoms with Gasteiger partial charge in [0.15, 0.2) is 0 Å². The summed E-state index contributed by atoms with van der Waals surface area (Å²) in [5.41, 5.74) is 4.05. The van der Waals surface area contributed by atoms with E-state index in [9.17, 15) is 0 Å². The predicted molar refractivity (Wildman–Crippen MR) is 78.2 cm³/mol. The molecule has 1 heterocycles. The molecule has 0 bridgehead atoms. The van der Waals surface area contributed by atoms with Crippen LogP contribution in [0.2, 0.25) is 0 Å². The number of nitrogens with zero attached hydrogens (tertiary/aromatic N) is 1. The van der Waals surface area contributed by atoms with Crippen molar-refractivity contribution in [2.24, 2.45) is 0 Å². The first kappa shape index (κ1) is 12.7. The molecule has 3 heteroatoms. The second kappa shape index (κ2) is 4.46. The van der Waals surface area contributed by atoms with E-state index in [0.29, 0.717) is 0 Å². The van der Waals surface area contributed by atoms with Crippen LogP contribution in [0.1, 0.15) is 31.9 Å². The first-order chi connectivity index (χ1) is 7.88. The summed E-state index contributed by atoms with van der Waals surface area (Å²) in [6, 6.07) is 6.62. The molecule has 1 aromatic heterocycles. The summed E-state index contributed by atoms with van der Waals surface area (Å²) in [4.78, 5) is 4.42. The minimum Gasteiger partial charge on any atom is -0.230 e. The smallest absolute Gasteiger partial charge is 0.124 e. The van der Waals surface area contributed by atoms with Gasteiger partial charge >= 0.3 is 0 Å². The van der Waals surface area contributed by atoms with Crippen molar-refractivity contribution in [1.82, 2.24) is 4.98 Å². The predicted octanol–water partition coefficient (Wildman–Crippen LogP) is 4.70. The average molecular weight is 263 g/mol. The lowest BCUT2D eigenvalue weighted by Crippen LogP contribution is -2.11. The summed E-state index contributed by atoms with van der Waals surface area (Å²) in [5.74, 6) is 0. The fraction of sp³-hybridized carbons (Fsp3) is 0.357. The molecule has 0 saturated carbocycles. The molecule has 0 amide bonds. The number of thiol groups is 1. The summed E-state index contributed by atoms with van der Waals surface area (Å²) in [7, 11) is 0. The van der Waals surface area contributed by atoms with E-state index in [4.69, 9.17) is 0 Å². The van der Waals surface area contributed by atoms with Crippen LogP contribution in [0.25, 0.3) is 10.6 Å². The molecule has 1 nitrogen and oxygen atoms in total. The third-order valence-corrected chi connectivity index (χ3v) is 4.09. The molecule has 0 aliphatic rings. The van der Waals surface area contributed by atoms with E-state index in [0.717, 1.165) is 10.0 Å². The third kappa shape index (κ3) is 2.72. The highest BCUT2D eigenvalue weighted by Crippen LogP contribution is 2.31.